The zero-order valence-electron chi connectivity index (χ0n) is 19.7. The SMILES string of the molecule is CCOC(=O)CN(CC(=O)N(CCC#N)c1ccc(OCC)cc1)Cc1ccc(C(F)(F)F)cc1. The van der Waals surface area contributed by atoms with Gasteiger partial charge in [-0.2, -0.15) is 18.4 Å². The summed E-state index contributed by atoms with van der Waals surface area (Å²) in [6.45, 7) is 3.90. The highest BCUT2D eigenvalue weighted by Gasteiger charge is 2.30. The van der Waals surface area contributed by atoms with Gasteiger partial charge in [-0.05, 0) is 55.8 Å². The first-order valence-corrected chi connectivity index (χ1v) is 11.1. The van der Waals surface area contributed by atoms with E-state index in [2.05, 4.69) is 0 Å². The molecule has 1 amide bonds. The van der Waals surface area contributed by atoms with Crippen molar-refractivity contribution in [1.82, 2.24) is 4.90 Å². The Labute approximate surface area is 202 Å². The van der Waals surface area contributed by atoms with Gasteiger partial charge in [-0.25, -0.2) is 0 Å². The predicted octanol–water partition coefficient (Wildman–Crippen LogP) is 4.42. The predicted molar refractivity (Wildman–Crippen MR) is 124 cm³/mol. The van der Waals surface area contributed by atoms with Gasteiger partial charge in [0.25, 0.3) is 0 Å². The van der Waals surface area contributed by atoms with Gasteiger partial charge in [0.2, 0.25) is 5.91 Å². The molecule has 0 aliphatic heterocycles. The smallest absolute Gasteiger partial charge is 0.416 e. The van der Waals surface area contributed by atoms with Gasteiger partial charge in [-0.15, -0.1) is 0 Å². The molecular formula is C25H28F3N3O4. The van der Waals surface area contributed by atoms with Crippen LogP contribution in [0.5, 0.6) is 5.75 Å². The van der Waals surface area contributed by atoms with E-state index in [0.717, 1.165) is 12.1 Å². The Hall–Kier alpha value is -3.58. The third-order valence-electron chi connectivity index (χ3n) is 4.91. The first-order chi connectivity index (χ1) is 16.7. The first-order valence-electron chi connectivity index (χ1n) is 11.1. The molecule has 0 aliphatic rings. The summed E-state index contributed by atoms with van der Waals surface area (Å²) in [4.78, 5) is 28.3. The Balaban J connectivity index is 2.22. The molecular weight excluding hydrogens is 463 g/mol. The minimum atomic E-state index is -4.46. The molecule has 188 valence electrons. The minimum absolute atomic E-state index is 0.0536. The van der Waals surface area contributed by atoms with Crippen molar-refractivity contribution in [2.45, 2.75) is 33.0 Å². The van der Waals surface area contributed by atoms with Crippen molar-refractivity contribution in [3.05, 3.63) is 59.7 Å². The van der Waals surface area contributed by atoms with Crippen LogP contribution < -0.4 is 9.64 Å². The number of hydrogen-bond acceptors (Lipinski definition) is 6. The zero-order chi connectivity index (χ0) is 25.8. The van der Waals surface area contributed by atoms with E-state index in [-0.39, 0.29) is 45.1 Å². The minimum Gasteiger partial charge on any atom is -0.494 e. The highest BCUT2D eigenvalue weighted by molar-refractivity contribution is 5.95. The maximum Gasteiger partial charge on any atom is 0.416 e. The molecule has 2 aromatic rings. The maximum absolute atomic E-state index is 13.2. The van der Waals surface area contributed by atoms with Crippen LogP contribution in [0.15, 0.2) is 48.5 Å². The highest BCUT2D eigenvalue weighted by atomic mass is 19.4. The number of amides is 1. The van der Waals surface area contributed by atoms with Crippen molar-refractivity contribution in [3.63, 3.8) is 0 Å². The number of nitrogens with zero attached hydrogens (tertiary/aromatic N) is 3. The van der Waals surface area contributed by atoms with Crippen molar-refractivity contribution in [2.24, 2.45) is 0 Å². The van der Waals surface area contributed by atoms with Crippen LogP contribution in [0.1, 0.15) is 31.4 Å². The molecule has 0 saturated carbocycles. The number of carbonyl (C=O) groups is 2. The second-order valence-corrected chi connectivity index (χ2v) is 7.53. The lowest BCUT2D eigenvalue weighted by molar-refractivity contribution is -0.144. The van der Waals surface area contributed by atoms with Crippen molar-refractivity contribution in [2.75, 3.05) is 37.7 Å². The number of ether oxygens (including phenoxy) is 2. The molecule has 0 bridgehead atoms. The number of rotatable bonds is 12. The molecule has 2 rings (SSSR count). The fraction of sp³-hybridized carbons (Fsp3) is 0.400. The summed E-state index contributed by atoms with van der Waals surface area (Å²) < 4.78 is 49.0. The van der Waals surface area contributed by atoms with Crippen LogP contribution in [-0.4, -0.2) is 49.6 Å². The fourth-order valence-electron chi connectivity index (χ4n) is 3.34. The van der Waals surface area contributed by atoms with Crippen LogP contribution in [0.2, 0.25) is 0 Å². The number of anilines is 1. The van der Waals surface area contributed by atoms with Gasteiger partial charge < -0.3 is 14.4 Å². The number of carbonyl (C=O) groups excluding carboxylic acids is 2. The van der Waals surface area contributed by atoms with Gasteiger partial charge in [-0.3, -0.25) is 14.5 Å². The summed E-state index contributed by atoms with van der Waals surface area (Å²) in [5, 5.41) is 9.03. The monoisotopic (exact) mass is 491 g/mol. The number of hydrogen-bond donors (Lipinski definition) is 0. The molecule has 2 aromatic carbocycles. The van der Waals surface area contributed by atoms with E-state index in [0.29, 0.717) is 23.6 Å². The molecule has 35 heavy (non-hydrogen) atoms. The third kappa shape index (κ3) is 8.94. The van der Waals surface area contributed by atoms with Crippen LogP contribution in [-0.2, 0) is 27.0 Å². The van der Waals surface area contributed by atoms with E-state index < -0.39 is 17.7 Å². The lowest BCUT2D eigenvalue weighted by atomic mass is 10.1. The molecule has 0 unspecified atom stereocenters. The van der Waals surface area contributed by atoms with E-state index in [4.69, 9.17) is 14.7 Å². The molecule has 0 atom stereocenters. The van der Waals surface area contributed by atoms with E-state index >= 15 is 0 Å². The van der Waals surface area contributed by atoms with E-state index in [1.807, 2.05) is 13.0 Å². The summed E-state index contributed by atoms with van der Waals surface area (Å²) in [5.41, 5.74) is 0.270. The van der Waals surface area contributed by atoms with Crippen LogP contribution in [0.3, 0.4) is 0 Å². The van der Waals surface area contributed by atoms with Crippen molar-refractivity contribution in [1.29, 1.82) is 5.26 Å². The summed E-state index contributed by atoms with van der Waals surface area (Å²) >= 11 is 0. The Morgan fingerprint density at radius 1 is 0.971 bits per heavy atom. The topological polar surface area (TPSA) is 82.9 Å². The maximum atomic E-state index is 13.2. The Bertz CT molecular complexity index is 1000. The van der Waals surface area contributed by atoms with Gasteiger partial charge in [0.1, 0.15) is 5.75 Å². The lowest BCUT2D eigenvalue weighted by Gasteiger charge is -2.27. The molecule has 0 radical (unpaired) electrons. The average molecular weight is 492 g/mol. The molecule has 0 aromatic heterocycles. The first kappa shape index (κ1) is 27.7. The number of halogens is 3. The van der Waals surface area contributed by atoms with E-state index in [1.165, 1.54) is 21.9 Å². The Kier molecular flexibility index (Phi) is 10.5. The van der Waals surface area contributed by atoms with Crippen LogP contribution in [0.25, 0.3) is 0 Å². The zero-order valence-corrected chi connectivity index (χ0v) is 19.7. The van der Waals surface area contributed by atoms with Crippen LogP contribution in [0.4, 0.5) is 18.9 Å². The largest absolute Gasteiger partial charge is 0.494 e. The highest BCUT2D eigenvalue weighted by Crippen LogP contribution is 2.29. The summed E-state index contributed by atoms with van der Waals surface area (Å²) in [7, 11) is 0. The number of nitriles is 1. The standard InChI is InChI=1S/C25H28F3N3O4/c1-3-34-22-12-10-21(11-13-22)31(15-5-14-29)23(32)17-30(18-24(33)35-4-2)16-19-6-8-20(9-7-19)25(26,27)28/h6-13H,3-5,15-18H2,1-2H3. The molecule has 0 spiro atoms. The molecule has 7 nitrogen and oxygen atoms in total. The number of benzene rings is 2. The molecule has 0 heterocycles. The molecule has 0 aliphatic carbocycles. The van der Waals surface area contributed by atoms with Gasteiger partial charge in [0.05, 0.1) is 44.4 Å². The average Bonchev–Trinajstić information content (AvgIpc) is 2.80. The third-order valence-corrected chi connectivity index (χ3v) is 4.91. The number of esters is 1. The quantitative estimate of drug-likeness (QED) is 0.409. The number of alkyl halides is 3. The van der Waals surface area contributed by atoms with E-state index in [9.17, 15) is 22.8 Å². The Morgan fingerprint density at radius 2 is 1.63 bits per heavy atom. The Morgan fingerprint density at radius 3 is 2.17 bits per heavy atom. The molecule has 0 saturated heterocycles. The molecule has 0 N–H and O–H groups in total. The van der Waals surface area contributed by atoms with Gasteiger partial charge >= 0.3 is 12.1 Å². The van der Waals surface area contributed by atoms with Gasteiger partial charge in [0, 0.05) is 18.8 Å². The fourth-order valence-corrected chi connectivity index (χ4v) is 3.34. The molecule has 10 heteroatoms. The second-order valence-electron chi connectivity index (χ2n) is 7.53. The lowest BCUT2D eigenvalue weighted by Crippen LogP contribution is -2.42. The van der Waals surface area contributed by atoms with Gasteiger partial charge in [0.15, 0.2) is 0 Å². The molecule has 0 fully saturated rings. The van der Waals surface area contributed by atoms with Crippen LogP contribution in [0, 0.1) is 11.3 Å². The van der Waals surface area contributed by atoms with Crippen molar-refractivity contribution in [3.8, 4) is 11.8 Å². The normalized spacial score (nSPS) is 11.1. The van der Waals surface area contributed by atoms with E-state index in [1.54, 1.807) is 31.2 Å². The van der Waals surface area contributed by atoms with Gasteiger partial charge in [-0.1, -0.05) is 12.1 Å². The summed E-state index contributed by atoms with van der Waals surface area (Å²) in [6, 6.07) is 13.4. The summed E-state index contributed by atoms with van der Waals surface area (Å²) in [5.74, 6) is -0.298. The van der Waals surface area contributed by atoms with Crippen molar-refractivity contribution < 1.29 is 32.2 Å². The van der Waals surface area contributed by atoms with Crippen molar-refractivity contribution >= 4 is 17.6 Å². The second kappa shape index (κ2) is 13.3. The van der Waals surface area contributed by atoms with Crippen LogP contribution >= 0.6 is 0 Å². The summed E-state index contributed by atoms with van der Waals surface area (Å²) in [6.07, 6.45) is -4.37.